The fraction of sp³-hybridized carbons (Fsp3) is 0.250. The van der Waals surface area contributed by atoms with Crippen molar-refractivity contribution in [2.45, 2.75) is 25.8 Å². The molecular weight excluding hydrogens is 442 g/mol. The van der Waals surface area contributed by atoms with Gasteiger partial charge < -0.3 is 20.3 Å². The Kier molecular flexibility index (Phi) is 7.77. The van der Waals surface area contributed by atoms with Crippen molar-refractivity contribution in [2.24, 2.45) is 0 Å². The smallest absolute Gasteiger partial charge is 0.255 e. The van der Waals surface area contributed by atoms with Gasteiger partial charge >= 0.3 is 0 Å². The first-order chi connectivity index (χ1) is 17.0. The number of piperidine rings is 1. The van der Waals surface area contributed by atoms with Gasteiger partial charge in [-0.1, -0.05) is 24.3 Å². The molecule has 35 heavy (non-hydrogen) atoms. The van der Waals surface area contributed by atoms with Crippen LogP contribution in [0.15, 0.2) is 72.8 Å². The number of carbonyl (C=O) groups excluding carboxylic acids is 3. The molecule has 1 saturated heterocycles. The van der Waals surface area contributed by atoms with Crippen LogP contribution < -0.4 is 15.4 Å². The van der Waals surface area contributed by atoms with Crippen molar-refractivity contribution in [3.63, 3.8) is 0 Å². The van der Waals surface area contributed by atoms with Gasteiger partial charge in [-0.15, -0.1) is 0 Å². The number of para-hydroxylation sites is 1. The molecule has 7 heteroatoms. The van der Waals surface area contributed by atoms with Gasteiger partial charge in [0, 0.05) is 30.8 Å². The molecule has 0 spiro atoms. The summed E-state index contributed by atoms with van der Waals surface area (Å²) in [5.41, 5.74) is 2.69. The molecule has 180 valence electrons. The van der Waals surface area contributed by atoms with Crippen LogP contribution in [0.2, 0.25) is 0 Å². The van der Waals surface area contributed by atoms with Gasteiger partial charge in [0.25, 0.3) is 17.7 Å². The molecule has 0 aliphatic carbocycles. The highest BCUT2D eigenvalue weighted by Crippen LogP contribution is 2.19. The van der Waals surface area contributed by atoms with Crippen molar-refractivity contribution in [1.82, 2.24) is 10.2 Å². The molecule has 0 atom stereocenters. The summed E-state index contributed by atoms with van der Waals surface area (Å²) in [4.78, 5) is 40.3. The fourth-order valence-electron chi connectivity index (χ4n) is 4.10. The average Bonchev–Trinajstić information content (AvgIpc) is 2.92. The van der Waals surface area contributed by atoms with E-state index in [9.17, 15) is 14.4 Å². The van der Waals surface area contributed by atoms with Crippen molar-refractivity contribution in [2.75, 3.05) is 25.5 Å². The number of nitrogens with zero attached hydrogens (tertiary/aromatic N) is 1. The molecule has 0 saturated carbocycles. The van der Waals surface area contributed by atoms with E-state index in [1.807, 2.05) is 29.2 Å². The fourth-order valence-corrected chi connectivity index (χ4v) is 4.10. The minimum Gasteiger partial charge on any atom is -0.497 e. The zero-order valence-corrected chi connectivity index (χ0v) is 19.8. The number of anilines is 1. The second kappa shape index (κ2) is 11.3. The van der Waals surface area contributed by atoms with Crippen LogP contribution in [0, 0.1) is 0 Å². The van der Waals surface area contributed by atoms with E-state index in [-0.39, 0.29) is 24.3 Å². The topological polar surface area (TPSA) is 87.7 Å². The Morgan fingerprint density at radius 1 is 0.829 bits per heavy atom. The van der Waals surface area contributed by atoms with Crippen LogP contribution in [0.5, 0.6) is 5.75 Å². The SMILES string of the molecule is COc1ccc(C(=O)Nc2ccccc2C(=O)NCc2cccc(C(=O)N3CCCCC3)c2)cc1. The zero-order chi connectivity index (χ0) is 24.6. The molecule has 0 unspecified atom stereocenters. The minimum absolute atomic E-state index is 0.0319. The van der Waals surface area contributed by atoms with Crippen LogP contribution in [0.1, 0.15) is 55.9 Å². The highest BCUT2D eigenvalue weighted by Gasteiger charge is 2.19. The molecule has 1 fully saturated rings. The molecule has 0 radical (unpaired) electrons. The summed E-state index contributed by atoms with van der Waals surface area (Å²) < 4.78 is 5.13. The van der Waals surface area contributed by atoms with Crippen molar-refractivity contribution in [1.29, 1.82) is 0 Å². The van der Waals surface area contributed by atoms with Crippen LogP contribution in [0.4, 0.5) is 5.69 Å². The number of nitrogens with one attached hydrogen (secondary N) is 2. The number of methoxy groups -OCH3 is 1. The van der Waals surface area contributed by atoms with Gasteiger partial charge in [-0.2, -0.15) is 0 Å². The van der Waals surface area contributed by atoms with Gasteiger partial charge in [0.1, 0.15) is 5.75 Å². The monoisotopic (exact) mass is 471 g/mol. The van der Waals surface area contributed by atoms with Crippen molar-refractivity contribution in [3.8, 4) is 5.75 Å². The van der Waals surface area contributed by atoms with E-state index in [4.69, 9.17) is 4.74 Å². The predicted molar refractivity (Wildman–Crippen MR) is 135 cm³/mol. The number of benzene rings is 3. The molecule has 7 nitrogen and oxygen atoms in total. The van der Waals surface area contributed by atoms with Crippen LogP contribution >= 0.6 is 0 Å². The normalized spacial score (nSPS) is 13.1. The van der Waals surface area contributed by atoms with Gasteiger partial charge in [0.05, 0.1) is 18.4 Å². The Hall–Kier alpha value is -4.13. The van der Waals surface area contributed by atoms with E-state index in [2.05, 4.69) is 10.6 Å². The number of rotatable bonds is 7. The lowest BCUT2D eigenvalue weighted by molar-refractivity contribution is 0.0724. The molecule has 3 aromatic rings. The molecule has 0 bridgehead atoms. The Morgan fingerprint density at radius 3 is 2.31 bits per heavy atom. The Balaban J connectivity index is 1.41. The largest absolute Gasteiger partial charge is 0.497 e. The summed E-state index contributed by atoms with van der Waals surface area (Å²) in [5.74, 6) is 0.0488. The van der Waals surface area contributed by atoms with Gasteiger partial charge in [-0.25, -0.2) is 0 Å². The lowest BCUT2D eigenvalue weighted by Gasteiger charge is -2.26. The molecular formula is C28H29N3O4. The summed E-state index contributed by atoms with van der Waals surface area (Å²) in [6, 6.07) is 20.9. The number of hydrogen-bond acceptors (Lipinski definition) is 4. The Labute approximate surface area is 205 Å². The first-order valence-electron chi connectivity index (χ1n) is 11.8. The summed E-state index contributed by atoms with van der Waals surface area (Å²) in [5, 5.41) is 5.71. The van der Waals surface area contributed by atoms with E-state index < -0.39 is 0 Å². The number of hydrogen-bond donors (Lipinski definition) is 2. The molecule has 4 rings (SSSR count). The maximum atomic E-state index is 13.0. The van der Waals surface area contributed by atoms with Crippen LogP contribution in [0.3, 0.4) is 0 Å². The molecule has 1 aliphatic heterocycles. The number of amides is 3. The van der Waals surface area contributed by atoms with E-state index >= 15 is 0 Å². The lowest BCUT2D eigenvalue weighted by Crippen LogP contribution is -2.35. The second-order valence-corrected chi connectivity index (χ2v) is 8.46. The maximum absolute atomic E-state index is 13.0. The molecule has 3 aromatic carbocycles. The minimum atomic E-state index is -0.322. The van der Waals surface area contributed by atoms with Gasteiger partial charge in [0.2, 0.25) is 0 Å². The molecule has 0 aromatic heterocycles. The van der Waals surface area contributed by atoms with Gasteiger partial charge in [-0.3, -0.25) is 14.4 Å². The molecule has 1 heterocycles. The molecule has 1 aliphatic rings. The van der Waals surface area contributed by atoms with E-state index in [1.54, 1.807) is 55.6 Å². The predicted octanol–water partition coefficient (Wildman–Crippen LogP) is 4.50. The van der Waals surface area contributed by atoms with Crippen LogP contribution in [0.25, 0.3) is 0 Å². The molecule has 2 N–H and O–H groups in total. The lowest BCUT2D eigenvalue weighted by atomic mass is 10.1. The summed E-state index contributed by atoms with van der Waals surface area (Å²) in [6.07, 6.45) is 3.24. The highest BCUT2D eigenvalue weighted by atomic mass is 16.5. The number of ether oxygens (including phenoxy) is 1. The van der Waals surface area contributed by atoms with E-state index in [1.165, 1.54) is 0 Å². The third-order valence-electron chi connectivity index (χ3n) is 6.04. The summed E-state index contributed by atoms with van der Waals surface area (Å²) in [6.45, 7) is 1.85. The third kappa shape index (κ3) is 6.06. The number of likely N-dealkylation sites (tertiary alicyclic amines) is 1. The second-order valence-electron chi connectivity index (χ2n) is 8.46. The summed E-state index contributed by atoms with van der Waals surface area (Å²) in [7, 11) is 1.56. The van der Waals surface area contributed by atoms with Crippen LogP contribution in [-0.2, 0) is 6.54 Å². The number of carbonyl (C=O) groups is 3. The zero-order valence-electron chi connectivity index (χ0n) is 19.8. The molecule has 3 amide bonds. The van der Waals surface area contributed by atoms with Crippen molar-refractivity contribution in [3.05, 3.63) is 95.1 Å². The maximum Gasteiger partial charge on any atom is 0.255 e. The standard InChI is InChI=1S/C28H29N3O4/c1-35-23-14-12-21(13-15-23)26(32)30-25-11-4-3-10-24(25)27(33)29-19-20-8-7-9-22(18-20)28(34)31-16-5-2-6-17-31/h3-4,7-15,18H,2,5-6,16-17,19H2,1H3,(H,29,33)(H,30,32). The average molecular weight is 472 g/mol. The van der Waals surface area contributed by atoms with E-state index in [0.717, 1.165) is 37.9 Å². The Bertz CT molecular complexity index is 1200. The van der Waals surface area contributed by atoms with E-state index in [0.29, 0.717) is 28.1 Å². The third-order valence-corrected chi connectivity index (χ3v) is 6.04. The quantitative estimate of drug-likeness (QED) is 0.531. The van der Waals surface area contributed by atoms with Crippen molar-refractivity contribution < 1.29 is 19.1 Å². The first kappa shape index (κ1) is 24.0. The van der Waals surface area contributed by atoms with Crippen LogP contribution in [-0.4, -0.2) is 42.8 Å². The van der Waals surface area contributed by atoms with Gasteiger partial charge in [-0.05, 0) is 73.4 Å². The van der Waals surface area contributed by atoms with Gasteiger partial charge in [0.15, 0.2) is 0 Å². The summed E-state index contributed by atoms with van der Waals surface area (Å²) >= 11 is 0. The Morgan fingerprint density at radius 2 is 1.57 bits per heavy atom. The first-order valence-corrected chi connectivity index (χ1v) is 11.8. The van der Waals surface area contributed by atoms with Crippen molar-refractivity contribution >= 4 is 23.4 Å². The highest BCUT2D eigenvalue weighted by molar-refractivity contribution is 6.09.